The summed E-state index contributed by atoms with van der Waals surface area (Å²) < 4.78 is 2.12. The first-order valence-corrected chi connectivity index (χ1v) is 8.66. The second-order valence-corrected chi connectivity index (χ2v) is 6.48. The number of amides is 3. The van der Waals surface area contributed by atoms with E-state index in [9.17, 15) is 9.59 Å². The Balaban J connectivity index is 1.94. The summed E-state index contributed by atoms with van der Waals surface area (Å²) in [6, 6.07) is 13.2. The number of urea groups is 1. The summed E-state index contributed by atoms with van der Waals surface area (Å²) in [6.45, 7) is 0.899. The molecule has 0 aliphatic carbocycles. The average Bonchev–Trinajstić information content (AvgIpc) is 3.24. The highest BCUT2D eigenvalue weighted by molar-refractivity contribution is 5.96. The summed E-state index contributed by atoms with van der Waals surface area (Å²) in [4.78, 5) is 25.8. The minimum Gasteiger partial charge on any atom is -0.350 e. The zero-order valence-electron chi connectivity index (χ0n) is 14.7. The minimum absolute atomic E-state index is 0.237. The SMILES string of the molecule is CNC(=O)NC(=O)[C@H](c1ccccc1)[NH+]1CCC[C@@H]1c1cccn1C. The van der Waals surface area contributed by atoms with Crippen LogP contribution in [0.3, 0.4) is 0 Å². The van der Waals surface area contributed by atoms with E-state index in [0.29, 0.717) is 0 Å². The number of nitrogens with one attached hydrogen (secondary N) is 3. The molecule has 0 bridgehead atoms. The van der Waals surface area contributed by atoms with Crippen LogP contribution in [0.15, 0.2) is 48.7 Å². The first kappa shape index (κ1) is 17.2. The molecular weight excluding hydrogens is 316 g/mol. The molecule has 1 aliphatic rings. The molecule has 1 aromatic carbocycles. The van der Waals surface area contributed by atoms with Crippen LogP contribution in [0.25, 0.3) is 0 Å². The molecule has 2 heterocycles. The lowest BCUT2D eigenvalue weighted by molar-refractivity contribution is -0.940. The quantitative estimate of drug-likeness (QED) is 0.775. The van der Waals surface area contributed by atoms with Gasteiger partial charge >= 0.3 is 6.03 Å². The van der Waals surface area contributed by atoms with E-state index in [0.717, 1.165) is 24.9 Å². The van der Waals surface area contributed by atoms with E-state index >= 15 is 0 Å². The first-order chi connectivity index (χ1) is 12.1. The Morgan fingerprint density at radius 3 is 2.60 bits per heavy atom. The molecule has 3 N–H and O–H groups in total. The van der Waals surface area contributed by atoms with Crippen LogP contribution in [0.5, 0.6) is 0 Å². The number of hydrogen-bond acceptors (Lipinski definition) is 2. The van der Waals surface area contributed by atoms with Crippen molar-refractivity contribution in [1.29, 1.82) is 0 Å². The molecule has 3 amide bonds. The molecule has 0 radical (unpaired) electrons. The lowest BCUT2D eigenvalue weighted by Gasteiger charge is -2.29. The zero-order chi connectivity index (χ0) is 17.8. The van der Waals surface area contributed by atoms with E-state index in [1.807, 2.05) is 49.6 Å². The molecule has 25 heavy (non-hydrogen) atoms. The second-order valence-electron chi connectivity index (χ2n) is 6.48. The third kappa shape index (κ3) is 3.58. The van der Waals surface area contributed by atoms with Gasteiger partial charge in [-0.25, -0.2) is 4.79 Å². The van der Waals surface area contributed by atoms with Crippen LogP contribution in [0.1, 0.15) is 36.2 Å². The van der Waals surface area contributed by atoms with E-state index in [1.54, 1.807) is 0 Å². The number of hydrogen-bond donors (Lipinski definition) is 3. The van der Waals surface area contributed by atoms with Gasteiger partial charge in [0.1, 0.15) is 6.04 Å². The van der Waals surface area contributed by atoms with Gasteiger partial charge in [0.05, 0.1) is 12.2 Å². The van der Waals surface area contributed by atoms with E-state index in [1.165, 1.54) is 17.6 Å². The molecule has 3 rings (SSSR count). The summed E-state index contributed by atoms with van der Waals surface area (Å²) in [7, 11) is 3.54. The number of carbonyl (C=O) groups excluding carboxylic acids is 2. The Morgan fingerprint density at radius 1 is 1.20 bits per heavy atom. The molecule has 0 saturated carbocycles. The van der Waals surface area contributed by atoms with Crippen molar-refractivity contribution >= 4 is 11.9 Å². The van der Waals surface area contributed by atoms with E-state index in [2.05, 4.69) is 21.3 Å². The van der Waals surface area contributed by atoms with Gasteiger partial charge in [-0.3, -0.25) is 10.1 Å². The Labute approximate surface area is 147 Å². The summed E-state index contributed by atoms with van der Waals surface area (Å²) in [5.41, 5.74) is 2.15. The standard InChI is InChI=1S/C19H24N4O2/c1-20-19(25)21-18(24)17(14-8-4-3-5-9-14)23-13-7-11-16(23)15-10-6-12-22(15)2/h3-6,8-10,12,16-17H,7,11,13H2,1-2H3,(H2,20,21,24,25)/p+1/t16-,17+/m1/s1. The van der Waals surface area contributed by atoms with Gasteiger partial charge in [0.2, 0.25) is 0 Å². The Bertz CT molecular complexity index is 741. The molecule has 1 aliphatic heterocycles. The number of carbonyl (C=O) groups is 2. The lowest BCUT2D eigenvalue weighted by atomic mass is 10.0. The molecule has 2 aromatic rings. The summed E-state index contributed by atoms with van der Waals surface area (Å²) in [6.07, 6.45) is 4.12. The molecule has 132 valence electrons. The van der Waals surface area contributed by atoms with Crippen LogP contribution >= 0.6 is 0 Å². The highest BCUT2D eigenvalue weighted by Crippen LogP contribution is 2.23. The second kappa shape index (κ2) is 7.53. The summed E-state index contributed by atoms with van der Waals surface area (Å²) >= 11 is 0. The highest BCUT2D eigenvalue weighted by atomic mass is 16.2. The topological polar surface area (TPSA) is 67.6 Å². The number of rotatable bonds is 4. The fourth-order valence-electron chi connectivity index (χ4n) is 3.82. The predicted octanol–water partition coefficient (Wildman–Crippen LogP) is 0.942. The number of quaternary nitrogens is 1. The van der Waals surface area contributed by atoms with Crippen LogP contribution in [0.4, 0.5) is 4.79 Å². The van der Waals surface area contributed by atoms with Crippen LogP contribution in [-0.4, -0.2) is 30.1 Å². The Kier molecular flexibility index (Phi) is 5.19. The number of benzene rings is 1. The zero-order valence-corrected chi connectivity index (χ0v) is 14.7. The maximum absolute atomic E-state index is 12.9. The summed E-state index contributed by atoms with van der Waals surface area (Å²) in [5.74, 6) is -0.262. The monoisotopic (exact) mass is 341 g/mol. The van der Waals surface area contributed by atoms with Gasteiger partial charge in [0.25, 0.3) is 5.91 Å². The molecule has 1 unspecified atom stereocenters. The molecular formula is C19H25N4O2+. The van der Waals surface area contributed by atoms with Gasteiger partial charge in [-0.1, -0.05) is 30.3 Å². The fraction of sp³-hybridized carbons (Fsp3) is 0.368. The van der Waals surface area contributed by atoms with Gasteiger partial charge in [0, 0.05) is 38.7 Å². The number of likely N-dealkylation sites (tertiary alicyclic amines) is 1. The lowest BCUT2D eigenvalue weighted by Crippen LogP contribution is -3.12. The third-order valence-corrected chi connectivity index (χ3v) is 4.98. The number of aryl methyl sites for hydroxylation is 1. The minimum atomic E-state index is -0.472. The maximum Gasteiger partial charge on any atom is 0.321 e. The fourth-order valence-corrected chi connectivity index (χ4v) is 3.82. The Hall–Kier alpha value is -2.60. The molecule has 3 atom stereocenters. The van der Waals surface area contributed by atoms with Gasteiger partial charge in [-0.2, -0.15) is 0 Å². The maximum atomic E-state index is 12.9. The van der Waals surface area contributed by atoms with E-state index < -0.39 is 12.1 Å². The van der Waals surface area contributed by atoms with Gasteiger partial charge in [0.15, 0.2) is 6.04 Å². The first-order valence-electron chi connectivity index (χ1n) is 8.66. The molecule has 0 spiro atoms. The van der Waals surface area contributed by atoms with Crippen molar-refractivity contribution in [1.82, 2.24) is 15.2 Å². The van der Waals surface area contributed by atoms with Crippen molar-refractivity contribution in [2.24, 2.45) is 7.05 Å². The highest BCUT2D eigenvalue weighted by Gasteiger charge is 2.41. The van der Waals surface area contributed by atoms with Gasteiger partial charge in [-0.05, 0) is 12.1 Å². The van der Waals surface area contributed by atoms with Crippen molar-refractivity contribution in [3.05, 3.63) is 59.9 Å². The van der Waals surface area contributed by atoms with E-state index in [4.69, 9.17) is 0 Å². The third-order valence-electron chi connectivity index (χ3n) is 4.98. The molecule has 1 saturated heterocycles. The summed E-state index contributed by atoms with van der Waals surface area (Å²) in [5, 5.41) is 4.93. The van der Waals surface area contributed by atoms with Crippen molar-refractivity contribution in [3.8, 4) is 0 Å². The normalized spacial score (nSPS) is 20.9. The Morgan fingerprint density at radius 2 is 1.96 bits per heavy atom. The van der Waals surface area contributed by atoms with Crippen molar-refractivity contribution in [3.63, 3.8) is 0 Å². The average molecular weight is 341 g/mol. The van der Waals surface area contributed by atoms with Crippen molar-refractivity contribution < 1.29 is 14.5 Å². The smallest absolute Gasteiger partial charge is 0.321 e. The van der Waals surface area contributed by atoms with Crippen molar-refractivity contribution in [2.45, 2.75) is 24.9 Å². The van der Waals surface area contributed by atoms with Crippen LogP contribution in [0, 0.1) is 0 Å². The van der Waals surface area contributed by atoms with Crippen LogP contribution in [-0.2, 0) is 11.8 Å². The van der Waals surface area contributed by atoms with E-state index in [-0.39, 0.29) is 11.9 Å². The van der Waals surface area contributed by atoms with Crippen LogP contribution < -0.4 is 15.5 Å². The predicted molar refractivity (Wildman–Crippen MR) is 95.0 cm³/mol. The molecule has 6 heteroatoms. The number of nitrogens with zero attached hydrogens (tertiary/aromatic N) is 1. The number of aromatic nitrogens is 1. The van der Waals surface area contributed by atoms with Gasteiger partial charge in [-0.15, -0.1) is 0 Å². The molecule has 1 aromatic heterocycles. The largest absolute Gasteiger partial charge is 0.350 e. The van der Waals surface area contributed by atoms with Gasteiger partial charge < -0.3 is 14.8 Å². The number of imide groups is 1. The van der Waals surface area contributed by atoms with Crippen LogP contribution in [0.2, 0.25) is 0 Å². The van der Waals surface area contributed by atoms with Crippen molar-refractivity contribution in [2.75, 3.05) is 13.6 Å². The molecule has 6 nitrogen and oxygen atoms in total. The molecule has 1 fully saturated rings.